The zero-order valence-electron chi connectivity index (χ0n) is 11.4. The van der Waals surface area contributed by atoms with Gasteiger partial charge in [0.1, 0.15) is 0 Å². The molecule has 1 saturated carbocycles. The number of nitrogens with zero attached hydrogens (tertiary/aromatic N) is 3. The lowest BCUT2D eigenvalue weighted by molar-refractivity contribution is 0.150. The highest BCUT2D eigenvalue weighted by molar-refractivity contribution is 5.85. The molecule has 2 N–H and O–H groups in total. The molecule has 0 radical (unpaired) electrons. The highest BCUT2D eigenvalue weighted by Crippen LogP contribution is 2.38. The van der Waals surface area contributed by atoms with Crippen molar-refractivity contribution < 1.29 is 4.52 Å². The van der Waals surface area contributed by atoms with Crippen LogP contribution in [0.3, 0.4) is 0 Å². The molecular weight excluding hydrogens is 264 g/mol. The molecule has 2 heterocycles. The summed E-state index contributed by atoms with van der Waals surface area (Å²) >= 11 is 0. The zero-order valence-corrected chi connectivity index (χ0v) is 12.2. The largest absolute Gasteiger partial charge is 0.339 e. The first-order valence-electron chi connectivity index (χ1n) is 7.03. The normalized spacial score (nSPS) is 25.9. The van der Waals surface area contributed by atoms with Gasteiger partial charge in [-0.2, -0.15) is 4.98 Å². The molecule has 1 aromatic heterocycles. The quantitative estimate of drug-likeness (QED) is 0.916. The Balaban J connectivity index is 0.00000133. The summed E-state index contributed by atoms with van der Waals surface area (Å²) in [6.45, 7) is 5.09. The van der Waals surface area contributed by atoms with Crippen LogP contribution in [0.25, 0.3) is 0 Å². The van der Waals surface area contributed by atoms with E-state index in [0.717, 1.165) is 31.3 Å². The standard InChI is InChI=1S/C13H22N4O.ClH/c1-9(14)11-3-2-6-17(7-11)8-12-15-13(18-16-12)10-4-5-10;/h9-11H,2-8,14H2,1H3;1H. The molecule has 1 aliphatic heterocycles. The fourth-order valence-electron chi connectivity index (χ4n) is 2.69. The number of hydrogen-bond donors (Lipinski definition) is 1. The van der Waals surface area contributed by atoms with Gasteiger partial charge in [0.2, 0.25) is 5.89 Å². The molecule has 0 spiro atoms. The summed E-state index contributed by atoms with van der Waals surface area (Å²) in [7, 11) is 0. The first-order chi connectivity index (χ1) is 8.72. The Hall–Kier alpha value is -0.650. The van der Waals surface area contributed by atoms with Crippen LogP contribution in [0.2, 0.25) is 0 Å². The maximum Gasteiger partial charge on any atom is 0.229 e. The molecule has 3 rings (SSSR count). The molecule has 2 fully saturated rings. The summed E-state index contributed by atoms with van der Waals surface area (Å²) in [6.07, 6.45) is 4.88. The average Bonchev–Trinajstić information content (AvgIpc) is 3.11. The van der Waals surface area contributed by atoms with E-state index in [-0.39, 0.29) is 18.4 Å². The predicted molar refractivity (Wildman–Crippen MR) is 75.2 cm³/mol. The van der Waals surface area contributed by atoms with Crippen LogP contribution in [0.5, 0.6) is 0 Å². The van der Waals surface area contributed by atoms with E-state index in [9.17, 15) is 0 Å². The third-order valence-electron chi connectivity index (χ3n) is 4.06. The van der Waals surface area contributed by atoms with Gasteiger partial charge in [0.05, 0.1) is 6.54 Å². The number of nitrogens with two attached hydrogens (primary N) is 1. The van der Waals surface area contributed by atoms with E-state index in [4.69, 9.17) is 10.3 Å². The van der Waals surface area contributed by atoms with Crippen molar-refractivity contribution in [3.63, 3.8) is 0 Å². The fourth-order valence-corrected chi connectivity index (χ4v) is 2.69. The van der Waals surface area contributed by atoms with Gasteiger partial charge < -0.3 is 10.3 Å². The number of halogens is 1. The molecule has 1 aliphatic carbocycles. The van der Waals surface area contributed by atoms with Crippen LogP contribution in [0.4, 0.5) is 0 Å². The van der Waals surface area contributed by atoms with Crippen molar-refractivity contribution in [2.75, 3.05) is 13.1 Å². The van der Waals surface area contributed by atoms with Gasteiger partial charge >= 0.3 is 0 Å². The third-order valence-corrected chi connectivity index (χ3v) is 4.06. The van der Waals surface area contributed by atoms with Crippen molar-refractivity contribution in [2.24, 2.45) is 11.7 Å². The van der Waals surface area contributed by atoms with Crippen molar-refractivity contribution >= 4 is 12.4 Å². The van der Waals surface area contributed by atoms with E-state index in [2.05, 4.69) is 22.0 Å². The average molecular weight is 287 g/mol. The van der Waals surface area contributed by atoms with E-state index in [1.165, 1.54) is 25.7 Å². The maximum atomic E-state index is 6.00. The molecule has 2 unspecified atom stereocenters. The molecule has 108 valence electrons. The van der Waals surface area contributed by atoms with E-state index < -0.39 is 0 Å². The molecule has 2 aliphatic rings. The van der Waals surface area contributed by atoms with E-state index in [0.29, 0.717) is 11.8 Å². The van der Waals surface area contributed by atoms with Gasteiger partial charge in [-0.15, -0.1) is 12.4 Å². The van der Waals surface area contributed by atoms with Crippen molar-refractivity contribution in [1.82, 2.24) is 15.0 Å². The van der Waals surface area contributed by atoms with E-state index in [1.807, 2.05) is 0 Å². The van der Waals surface area contributed by atoms with Crippen LogP contribution in [0, 0.1) is 5.92 Å². The minimum Gasteiger partial charge on any atom is -0.339 e. The number of rotatable bonds is 4. The fraction of sp³-hybridized carbons (Fsp3) is 0.846. The summed E-state index contributed by atoms with van der Waals surface area (Å²) in [5.74, 6) is 2.82. The Morgan fingerprint density at radius 2 is 2.21 bits per heavy atom. The van der Waals surface area contributed by atoms with E-state index in [1.54, 1.807) is 0 Å². The minimum atomic E-state index is 0. The Kier molecular flexibility index (Phi) is 4.81. The number of hydrogen-bond acceptors (Lipinski definition) is 5. The number of aromatic nitrogens is 2. The highest BCUT2D eigenvalue weighted by atomic mass is 35.5. The van der Waals surface area contributed by atoms with Crippen molar-refractivity contribution in [3.8, 4) is 0 Å². The van der Waals surface area contributed by atoms with Crippen LogP contribution in [-0.4, -0.2) is 34.2 Å². The molecule has 5 nitrogen and oxygen atoms in total. The lowest BCUT2D eigenvalue weighted by Crippen LogP contribution is -2.42. The van der Waals surface area contributed by atoms with Crippen LogP contribution >= 0.6 is 12.4 Å². The summed E-state index contributed by atoms with van der Waals surface area (Å²) < 4.78 is 5.29. The zero-order chi connectivity index (χ0) is 12.5. The molecule has 2 atom stereocenters. The highest BCUT2D eigenvalue weighted by Gasteiger charge is 2.30. The van der Waals surface area contributed by atoms with Gasteiger partial charge in [0.25, 0.3) is 0 Å². The van der Waals surface area contributed by atoms with Gasteiger partial charge in [-0.1, -0.05) is 5.16 Å². The number of likely N-dealkylation sites (tertiary alicyclic amines) is 1. The first-order valence-corrected chi connectivity index (χ1v) is 7.03. The molecule has 0 bridgehead atoms. The Labute approximate surface area is 120 Å². The Bertz CT molecular complexity index is 405. The molecular formula is C13H23ClN4O. The van der Waals surface area contributed by atoms with Crippen molar-refractivity contribution in [2.45, 2.75) is 51.1 Å². The summed E-state index contributed by atoms with van der Waals surface area (Å²) in [5.41, 5.74) is 6.00. The van der Waals surface area contributed by atoms with E-state index >= 15 is 0 Å². The van der Waals surface area contributed by atoms with Crippen LogP contribution < -0.4 is 5.73 Å². The SMILES string of the molecule is CC(N)C1CCCN(Cc2noc(C3CC3)n2)C1.Cl. The predicted octanol–water partition coefficient (Wildman–Crippen LogP) is 1.93. The molecule has 1 aromatic rings. The molecule has 19 heavy (non-hydrogen) atoms. The second kappa shape index (κ2) is 6.20. The molecule has 0 amide bonds. The monoisotopic (exact) mass is 286 g/mol. The summed E-state index contributed by atoms with van der Waals surface area (Å²) in [6, 6.07) is 0.278. The topological polar surface area (TPSA) is 68.2 Å². The van der Waals surface area contributed by atoms with Gasteiger partial charge in [-0.25, -0.2) is 0 Å². The van der Waals surface area contributed by atoms with Gasteiger partial charge in [-0.05, 0) is 45.1 Å². The van der Waals surface area contributed by atoms with Gasteiger partial charge in [0, 0.05) is 18.5 Å². The van der Waals surface area contributed by atoms with Crippen LogP contribution in [-0.2, 0) is 6.54 Å². The lowest BCUT2D eigenvalue weighted by atomic mass is 9.92. The van der Waals surface area contributed by atoms with Gasteiger partial charge in [0.15, 0.2) is 5.82 Å². The van der Waals surface area contributed by atoms with Crippen molar-refractivity contribution in [3.05, 3.63) is 11.7 Å². The van der Waals surface area contributed by atoms with Crippen molar-refractivity contribution in [1.29, 1.82) is 0 Å². The summed E-state index contributed by atoms with van der Waals surface area (Å²) in [5, 5.41) is 4.08. The molecule has 0 aromatic carbocycles. The third kappa shape index (κ3) is 3.68. The van der Waals surface area contributed by atoms with Gasteiger partial charge in [-0.3, -0.25) is 4.90 Å². The first kappa shape index (κ1) is 14.8. The lowest BCUT2D eigenvalue weighted by Gasteiger charge is -2.33. The second-order valence-electron chi connectivity index (χ2n) is 5.82. The van der Waals surface area contributed by atoms with Crippen LogP contribution in [0.1, 0.15) is 50.2 Å². The maximum absolute atomic E-state index is 6.00. The smallest absolute Gasteiger partial charge is 0.229 e. The van der Waals surface area contributed by atoms with Crippen LogP contribution in [0.15, 0.2) is 4.52 Å². The Morgan fingerprint density at radius 3 is 2.89 bits per heavy atom. The molecule has 6 heteroatoms. The second-order valence-corrected chi connectivity index (χ2v) is 5.82. The molecule has 1 saturated heterocycles. The summed E-state index contributed by atoms with van der Waals surface area (Å²) in [4.78, 5) is 6.89. The minimum absolute atomic E-state index is 0. The number of piperidine rings is 1. The Morgan fingerprint density at radius 1 is 1.42 bits per heavy atom.